The molecular weight excluding hydrogens is 238 g/mol. The van der Waals surface area contributed by atoms with Crippen LogP contribution < -0.4 is 9.88 Å². The first-order valence-corrected chi connectivity index (χ1v) is 5.83. The van der Waals surface area contributed by atoms with Crippen molar-refractivity contribution in [3.8, 4) is 5.95 Å². The van der Waals surface area contributed by atoms with Gasteiger partial charge in [-0.05, 0) is 34.2 Å². The third-order valence-electron chi connectivity index (χ3n) is 2.49. The van der Waals surface area contributed by atoms with Gasteiger partial charge in [0.2, 0.25) is 0 Å². The van der Waals surface area contributed by atoms with E-state index in [1.54, 1.807) is 4.57 Å². The molecule has 3 rings (SSSR count). The van der Waals surface area contributed by atoms with Crippen molar-refractivity contribution in [2.45, 2.75) is 0 Å². The van der Waals surface area contributed by atoms with E-state index in [1.165, 1.54) is 0 Å². The van der Waals surface area contributed by atoms with Gasteiger partial charge in [0, 0.05) is 5.69 Å². The van der Waals surface area contributed by atoms with Crippen LogP contribution in [0.1, 0.15) is 0 Å². The van der Waals surface area contributed by atoms with Crippen LogP contribution in [0.15, 0.2) is 60.9 Å². The lowest BCUT2D eigenvalue weighted by molar-refractivity contribution is -0.603. The van der Waals surface area contributed by atoms with Gasteiger partial charge in [0.1, 0.15) is 0 Å². The molecule has 2 aromatic heterocycles. The highest BCUT2D eigenvalue weighted by atomic mass is 15.2. The minimum Gasteiger partial charge on any atom is -0.310 e. The third-order valence-corrected chi connectivity index (χ3v) is 2.49. The number of para-hydroxylation sites is 1. The number of benzene rings is 1. The molecule has 0 saturated carbocycles. The van der Waals surface area contributed by atoms with Gasteiger partial charge in [-0.15, -0.1) is 0 Å². The summed E-state index contributed by atoms with van der Waals surface area (Å²) in [6, 6.07) is 15.5. The van der Waals surface area contributed by atoms with E-state index < -0.39 is 0 Å². The van der Waals surface area contributed by atoms with Crippen molar-refractivity contribution in [1.29, 1.82) is 0 Å². The molecule has 0 unspecified atom stereocenters. The number of rotatable bonds is 3. The van der Waals surface area contributed by atoms with Crippen molar-refractivity contribution in [2.75, 3.05) is 5.32 Å². The second kappa shape index (κ2) is 5.22. The zero-order valence-electron chi connectivity index (χ0n) is 10.1. The van der Waals surface area contributed by atoms with Crippen LogP contribution in [0, 0.1) is 6.33 Å². The Balaban J connectivity index is 1.89. The van der Waals surface area contributed by atoms with Gasteiger partial charge in [-0.1, -0.05) is 24.3 Å². The second-order valence-electron chi connectivity index (χ2n) is 3.83. The Morgan fingerprint density at radius 3 is 2.42 bits per heavy atom. The van der Waals surface area contributed by atoms with Crippen LogP contribution in [0.4, 0.5) is 11.6 Å². The van der Waals surface area contributed by atoms with E-state index in [-0.39, 0.29) is 0 Å². The monoisotopic (exact) mass is 249 g/mol. The summed E-state index contributed by atoms with van der Waals surface area (Å²) in [5.41, 5.74) is 0.922. The van der Waals surface area contributed by atoms with Gasteiger partial charge < -0.3 is 5.32 Å². The fourth-order valence-corrected chi connectivity index (χ4v) is 1.62. The maximum atomic E-state index is 4.34. The minimum absolute atomic E-state index is 0.465. The predicted octanol–water partition coefficient (Wildman–Crippen LogP) is 1.69. The summed E-state index contributed by atoms with van der Waals surface area (Å²) in [5.74, 6) is 0.988. The highest BCUT2D eigenvalue weighted by Crippen LogP contribution is 2.10. The van der Waals surface area contributed by atoms with Crippen LogP contribution in [0.2, 0.25) is 0 Å². The molecule has 5 nitrogen and oxygen atoms in total. The van der Waals surface area contributed by atoms with Gasteiger partial charge in [-0.25, -0.2) is 4.57 Å². The summed E-state index contributed by atoms with van der Waals surface area (Å²) >= 11 is 0. The highest BCUT2D eigenvalue weighted by molar-refractivity contribution is 5.52. The Kier molecular flexibility index (Phi) is 3.10. The van der Waals surface area contributed by atoms with Crippen LogP contribution in [-0.4, -0.2) is 15.0 Å². The number of aromatic nitrogens is 4. The smallest absolute Gasteiger partial charge is 0.310 e. The van der Waals surface area contributed by atoms with Crippen LogP contribution >= 0.6 is 0 Å². The molecule has 1 N–H and O–H groups in total. The molecule has 19 heavy (non-hydrogen) atoms. The summed E-state index contributed by atoms with van der Waals surface area (Å²) in [6.45, 7) is 0. The van der Waals surface area contributed by atoms with E-state index in [2.05, 4.69) is 26.6 Å². The van der Waals surface area contributed by atoms with E-state index in [4.69, 9.17) is 0 Å². The van der Waals surface area contributed by atoms with Crippen LogP contribution in [-0.2, 0) is 0 Å². The molecule has 0 amide bonds. The van der Waals surface area contributed by atoms with Crippen molar-refractivity contribution in [2.24, 2.45) is 0 Å². The average Bonchev–Trinajstić information content (AvgIpc) is 2.49. The lowest BCUT2D eigenvalue weighted by Crippen LogP contribution is -2.32. The second-order valence-corrected chi connectivity index (χ2v) is 3.83. The summed E-state index contributed by atoms with van der Waals surface area (Å²) in [7, 11) is 0. The molecule has 0 spiro atoms. The topological polar surface area (TPSA) is 54.6 Å². The van der Waals surface area contributed by atoms with Gasteiger partial charge in [-0.2, -0.15) is 4.98 Å². The predicted molar refractivity (Wildman–Crippen MR) is 69.9 cm³/mol. The minimum atomic E-state index is 0.465. The Labute approximate surface area is 110 Å². The van der Waals surface area contributed by atoms with E-state index in [0.717, 1.165) is 5.69 Å². The van der Waals surface area contributed by atoms with E-state index >= 15 is 0 Å². The molecule has 0 aliphatic heterocycles. The van der Waals surface area contributed by atoms with E-state index in [9.17, 15) is 0 Å². The van der Waals surface area contributed by atoms with Crippen molar-refractivity contribution in [3.05, 3.63) is 67.3 Å². The normalized spacial score (nSPS) is 10.1. The Morgan fingerprint density at radius 1 is 0.895 bits per heavy atom. The molecule has 0 aliphatic carbocycles. The molecule has 0 saturated heterocycles. The number of hydrogen-bond acceptors (Lipinski definition) is 4. The van der Waals surface area contributed by atoms with E-state index in [1.807, 2.05) is 60.9 Å². The van der Waals surface area contributed by atoms with Gasteiger partial charge in [0.05, 0.1) is 12.4 Å². The number of hydrogen-bond donors (Lipinski definition) is 1. The molecule has 5 heteroatoms. The number of pyridine rings is 1. The zero-order chi connectivity index (χ0) is 12.9. The molecule has 3 aromatic rings. The number of nitrogens with zero attached hydrogens (tertiary/aromatic N) is 4. The molecule has 0 bridgehead atoms. The van der Waals surface area contributed by atoms with Crippen LogP contribution in [0.5, 0.6) is 0 Å². The van der Waals surface area contributed by atoms with Crippen molar-refractivity contribution >= 4 is 11.6 Å². The maximum Gasteiger partial charge on any atom is 0.443 e. The average molecular weight is 249 g/mol. The first-order chi connectivity index (χ1) is 9.42. The van der Waals surface area contributed by atoms with Crippen LogP contribution in [0.3, 0.4) is 0 Å². The molecule has 1 aromatic carbocycles. The zero-order valence-corrected chi connectivity index (χ0v) is 10.1. The fourth-order valence-electron chi connectivity index (χ4n) is 1.62. The van der Waals surface area contributed by atoms with E-state index in [0.29, 0.717) is 11.9 Å². The van der Waals surface area contributed by atoms with Gasteiger partial charge in [0.25, 0.3) is 6.33 Å². The molecular formula is C14H11N5+. The maximum absolute atomic E-state index is 4.34. The summed E-state index contributed by atoms with van der Waals surface area (Å²) in [4.78, 5) is 12.4. The summed E-state index contributed by atoms with van der Waals surface area (Å²) in [6.07, 6.45) is 6.34. The summed E-state index contributed by atoms with van der Waals surface area (Å²) in [5, 5.41) is 3.11. The van der Waals surface area contributed by atoms with Crippen molar-refractivity contribution < 1.29 is 4.57 Å². The quantitative estimate of drug-likeness (QED) is 0.718. The number of nitrogens with one attached hydrogen (secondary N) is 1. The fraction of sp³-hybridized carbons (Fsp3) is 0. The molecule has 2 heterocycles. The third kappa shape index (κ3) is 2.71. The largest absolute Gasteiger partial charge is 0.443 e. The summed E-state index contributed by atoms with van der Waals surface area (Å²) < 4.78 is 1.80. The Morgan fingerprint density at radius 2 is 1.63 bits per heavy atom. The molecule has 0 atom stereocenters. The lowest BCUT2D eigenvalue weighted by atomic mass is 10.3. The highest BCUT2D eigenvalue weighted by Gasteiger charge is 2.12. The molecule has 1 radical (unpaired) electrons. The van der Waals surface area contributed by atoms with Crippen molar-refractivity contribution in [3.63, 3.8) is 0 Å². The Hall–Kier alpha value is -2.82. The molecule has 91 valence electrons. The van der Waals surface area contributed by atoms with Gasteiger partial charge in [-0.3, -0.25) is 0 Å². The van der Waals surface area contributed by atoms with Crippen LogP contribution in [0.25, 0.3) is 5.95 Å². The standard InChI is InChI=1S/C14H11N5/c1-3-7-12(8-4-1)17-13-15-11-16-14(18-13)19-9-5-2-6-10-19/h1-10H,(H,15,16,17,18)/q+1. The molecule has 0 fully saturated rings. The number of anilines is 2. The van der Waals surface area contributed by atoms with Crippen molar-refractivity contribution in [1.82, 2.24) is 15.0 Å². The first-order valence-electron chi connectivity index (χ1n) is 5.83. The SMILES string of the molecule is [c]1nc(Nc2ccccc2)nc(-[n+]2ccccc2)n1. The Bertz CT molecular complexity index is 655. The van der Waals surface area contributed by atoms with Gasteiger partial charge >= 0.3 is 11.9 Å². The molecule has 0 aliphatic rings. The first kappa shape index (κ1) is 11.3. The van der Waals surface area contributed by atoms with Gasteiger partial charge in [0.15, 0.2) is 0 Å². The lowest BCUT2D eigenvalue weighted by Gasteiger charge is -2.00.